The summed E-state index contributed by atoms with van der Waals surface area (Å²) in [6.45, 7) is 2.67. The predicted molar refractivity (Wildman–Crippen MR) is 101 cm³/mol. The molecule has 0 aliphatic carbocycles. The lowest BCUT2D eigenvalue weighted by atomic mass is 10.2. The van der Waals surface area contributed by atoms with Gasteiger partial charge in [0.15, 0.2) is 0 Å². The van der Waals surface area contributed by atoms with Gasteiger partial charge in [-0.25, -0.2) is 0 Å². The van der Waals surface area contributed by atoms with Crippen molar-refractivity contribution in [2.75, 3.05) is 11.9 Å². The van der Waals surface area contributed by atoms with Crippen LogP contribution in [0.4, 0.5) is 5.69 Å². The minimum Gasteiger partial charge on any atom is -0.326 e. The first-order valence-electron chi connectivity index (χ1n) is 7.48. The van der Waals surface area contributed by atoms with Gasteiger partial charge in [-0.05, 0) is 71.5 Å². The highest BCUT2D eigenvalue weighted by Crippen LogP contribution is 2.24. The number of rotatable bonds is 3. The topological polar surface area (TPSA) is 49.4 Å². The zero-order chi connectivity index (χ0) is 16.4. The second kappa shape index (κ2) is 7.00. The molecule has 4 nitrogen and oxygen atoms in total. The number of aryl methyl sites for hydroxylation is 1. The molecule has 1 aliphatic rings. The Morgan fingerprint density at radius 3 is 2.87 bits per heavy atom. The van der Waals surface area contributed by atoms with Crippen LogP contribution in [0.2, 0.25) is 0 Å². The molecule has 1 fully saturated rings. The van der Waals surface area contributed by atoms with Gasteiger partial charge >= 0.3 is 0 Å². The number of thiophene rings is 1. The van der Waals surface area contributed by atoms with Crippen molar-refractivity contribution in [3.8, 4) is 0 Å². The van der Waals surface area contributed by atoms with E-state index in [0.29, 0.717) is 17.8 Å². The molecule has 2 aromatic rings. The van der Waals surface area contributed by atoms with Crippen molar-refractivity contribution >= 4 is 51.4 Å². The van der Waals surface area contributed by atoms with Gasteiger partial charge in [-0.2, -0.15) is 0 Å². The van der Waals surface area contributed by atoms with E-state index in [0.717, 1.165) is 15.7 Å². The van der Waals surface area contributed by atoms with E-state index in [1.54, 1.807) is 4.90 Å². The maximum absolute atomic E-state index is 12.6. The third-order valence-electron chi connectivity index (χ3n) is 3.99. The Morgan fingerprint density at radius 1 is 1.35 bits per heavy atom. The Bertz CT molecular complexity index is 730. The van der Waals surface area contributed by atoms with Crippen LogP contribution in [0.15, 0.2) is 35.7 Å². The van der Waals surface area contributed by atoms with E-state index in [1.165, 1.54) is 16.9 Å². The van der Waals surface area contributed by atoms with Gasteiger partial charge in [0.25, 0.3) is 5.91 Å². The first kappa shape index (κ1) is 16.4. The summed E-state index contributed by atoms with van der Waals surface area (Å²) in [5, 5.41) is 4.83. The van der Waals surface area contributed by atoms with Crippen LogP contribution in [-0.2, 0) is 4.79 Å². The average Bonchev–Trinajstić information content (AvgIpc) is 3.21. The van der Waals surface area contributed by atoms with Crippen molar-refractivity contribution in [2.24, 2.45) is 0 Å². The molecule has 0 radical (unpaired) electrons. The van der Waals surface area contributed by atoms with Crippen LogP contribution >= 0.6 is 33.9 Å². The standard InChI is InChI=1S/C17H17IN2O2S/c1-11-6-7-12(10-13(11)18)19-16(21)14-4-2-8-20(14)17(22)15-5-3-9-23-15/h3,5-7,9-10,14H,2,4,8H2,1H3,(H,19,21). The summed E-state index contributed by atoms with van der Waals surface area (Å²) in [7, 11) is 0. The number of anilines is 1. The number of likely N-dealkylation sites (tertiary alicyclic amines) is 1. The Hall–Kier alpha value is -1.41. The summed E-state index contributed by atoms with van der Waals surface area (Å²) in [4.78, 5) is 27.5. The van der Waals surface area contributed by atoms with Gasteiger partial charge in [-0.1, -0.05) is 12.1 Å². The van der Waals surface area contributed by atoms with Crippen molar-refractivity contribution in [3.05, 3.63) is 49.7 Å². The normalized spacial score (nSPS) is 17.3. The Kier molecular flexibility index (Phi) is 5.01. The number of benzene rings is 1. The molecule has 1 aromatic heterocycles. The van der Waals surface area contributed by atoms with Crippen molar-refractivity contribution in [2.45, 2.75) is 25.8 Å². The fraction of sp³-hybridized carbons (Fsp3) is 0.294. The molecule has 1 aliphatic heterocycles. The van der Waals surface area contributed by atoms with Gasteiger partial charge < -0.3 is 10.2 Å². The molecule has 1 N–H and O–H groups in total. The van der Waals surface area contributed by atoms with Gasteiger partial charge in [0.1, 0.15) is 6.04 Å². The van der Waals surface area contributed by atoms with E-state index in [-0.39, 0.29) is 17.9 Å². The number of hydrogen-bond acceptors (Lipinski definition) is 3. The molecule has 2 heterocycles. The number of carbonyl (C=O) groups is 2. The maximum atomic E-state index is 12.6. The van der Waals surface area contributed by atoms with Crippen LogP contribution in [-0.4, -0.2) is 29.3 Å². The van der Waals surface area contributed by atoms with E-state index in [2.05, 4.69) is 27.9 Å². The molecule has 1 saturated heterocycles. The third-order valence-corrected chi connectivity index (χ3v) is 6.01. The summed E-state index contributed by atoms with van der Waals surface area (Å²) in [6.07, 6.45) is 1.58. The van der Waals surface area contributed by atoms with E-state index in [4.69, 9.17) is 0 Å². The summed E-state index contributed by atoms with van der Waals surface area (Å²) in [5.41, 5.74) is 1.96. The molecule has 120 valence electrons. The highest BCUT2D eigenvalue weighted by Gasteiger charge is 2.34. The number of nitrogens with zero attached hydrogens (tertiary/aromatic N) is 1. The molecule has 6 heteroatoms. The summed E-state index contributed by atoms with van der Waals surface area (Å²) >= 11 is 3.67. The number of hydrogen-bond donors (Lipinski definition) is 1. The number of carbonyl (C=O) groups excluding carboxylic acids is 2. The molecule has 0 bridgehead atoms. The monoisotopic (exact) mass is 440 g/mol. The molecule has 1 atom stereocenters. The van der Waals surface area contributed by atoms with Crippen molar-refractivity contribution in [1.29, 1.82) is 0 Å². The average molecular weight is 440 g/mol. The smallest absolute Gasteiger partial charge is 0.264 e. The molecule has 3 rings (SSSR count). The third kappa shape index (κ3) is 3.58. The van der Waals surface area contributed by atoms with Crippen LogP contribution in [0.25, 0.3) is 0 Å². The van der Waals surface area contributed by atoms with Gasteiger partial charge in [0.05, 0.1) is 4.88 Å². The Morgan fingerprint density at radius 2 is 2.17 bits per heavy atom. The predicted octanol–water partition coefficient (Wildman–Crippen LogP) is 3.90. The molecule has 23 heavy (non-hydrogen) atoms. The lowest BCUT2D eigenvalue weighted by molar-refractivity contribution is -0.119. The van der Waals surface area contributed by atoms with Crippen LogP contribution in [0.3, 0.4) is 0 Å². The number of halogens is 1. The summed E-state index contributed by atoms with van der Waals surface area (Å²) in [6, 6.07) is 9.12. The first-order chi connectivity index (χ1) is 11.1. The molecule has 1 aromatic carbocycles. The minimum atomic E-state index is -0.386. The lowest BCUT2D eigenvalue weighted by Crippen LogP contribution is -2.42. The van der Waals surface area contributed by atoms with Crippen LogP contribution < -0.4 is 5.32 Å². The summed E-state index contributed by atoms with van der Waals surface area (Å²) in [5.74, 6) is -0.150. The van der Waals surface area contributed by atoms with Gasteiger partial charge in [0.2, 0.25) is 5.91 Å². The molecule has 1 unspecified atom stereocenters. The van der Waals surface area contributed by atoms with Crippen LogP contribution in [0.1, 0.15) is 28.1 Å². The zero-order valence-electron chi connectivity index (χ0n) is 12.7. The Balaban J connectivity index is 1.73. The highest BCUT2D eigenvalue weighted by atomic mass is 127. The molecule has 0 saturated carbocycles. The van der Waals surface area contributed by atoms with E-state index in [1.807, 2.05) is 42.6 Å². The molecule has 0 spiro atoms. The first-order valence-corrected chi connectivity index (χ1v) is 9.43. The van der Waals surface area contributed by atoms with Gasteiger partial charge in [-0.3, -0.25) is 9.59 Å². The van der Waals surface area contributed by atoms with E-state index < -0.39 is 0 Å². The van der Waals surface area contributed by atoms with E-state index in [9.17, 15) is 9.59 Å². The van der Waals surface area contributed by atoms with Crippen molar-refractivity contribution in [1.82, 2.24) is 4.90 Å². The van der Waals surface area contributed by atoms with Gasteiger partial charge in [0, 0.05) is 15.8 Å². The molecular weight excluding hydrogens is 423 g/mol. The number of amides is 2. The van der Waals surface area contributed by atoms with Crippen molar-refractivity contribution < 1.29 is 9.59 Å². The van der Waals surface area contributed by atoms with E-state index >= 15 is 0 Å². The molecule has 2 amide bonds. The minimum absolute atomic E-state index is 0.0452. The quantitative estimate of drug-likeness (QED) is 0.737. The van der Waals surface area contributed by atoms with Gasteiger partial charge in [-0.15, -0.1) is 11.3 Å². The highest BCUT2D eigenvalue weighted by molar-refractivity contribution is 14.1. The maximum Gasteiger partial charge on any atom is 0.264 e. The van der Waals surface area contributed by atoms with Crippen molar-refractivity contribution in [3.63, 3.8) is 0 Å². The van der Waals surface area contributed by atoms with Crippen LogP contribution in [0.5, 0.6) is 0 Å². The molecular formula is C17H17IN2O2S. The fourth-order valence-corrected chi connectivity index (χ4v) is 3.91. The number of nitrogens with one attached hydrogen (secondary N) is 1. The fourth-order valence-electron chi connectivity index (χ4n) is 2.72. The zero-order valence-corrected chi connectivity index (χ0v) is 15.7. The Labute approximate surface area is 153 Å². The lowest BCUT2D eigenvalue weighted by Gasteiger charge is -2.23. The second-order valence-electron chi connectivity index (χ2n) is 5.59. The second-order valence-corrected chi connectivity index (χ2v) is 7.70. The SMILES string of the molecule is Cc1ccc(NC(=O)C2CCCN2C(=O)c2cccs2)cc1I. The van der Waals surface area contributed by atoms with Crippen LogP contribution in [0, 0.1) is 10.5 Å². The largest absolute Gasteiger partial charge is 0.326 e. The summed E-state index contributed by atoms with van der Waals surface area (Å²) < 4.78 is 1.11.